The van der Waals surface area contributed by atoms with Gasteiger partial charge in [-0.05, 0) is 58.7 Å². The molecule has 0 radical (unpaired) electrons. The van der Waals surface area contributed by atoms with Crippen LogP contribution in [0, 0.1) is 0 Å². The Kier molecular flexibility index (Phi) is 5.42. The highest BCUT2D eigenvalue weighted by Gasteiger charge is 2.21. The lowest BCUT2D eigenvalue weighted by atomic mass is 10.3. The molecule has 108 valence electrons. The number of thiophene rings is 1. The summed E-state index contributed by atoms with van der Waals surface area (Å²) in [6, 6.07) is 2.61. The highest BCUT2D eigenvalue weighted by atomic mass is 79.9. The third-order valence-corrected chi connectivity index (χ3v) is 6.53. The molecule has 0 bridgehead atoms. The number of rotatable bonds is 8. The number of hydrogen-bond acceptors (Lipinski definition) is 4. The summed E-state index contributed by atoms with van der Waals surface area (Å²) in [5.41, 5.74) is 1.03. The Morgan fingerprint density at radius 2 is 2.26 bits per heavy atom. The summed E-state index contributed by atoms with van der Waals surface area (Å²) in [5.74, 6) is 0.217. The molecule has 4 nitrogen and oxygen atoms in total. The molecule has 2 rings (SSSR count). The molecule has 1 saturated carbocycles. The second-order valence-corrected chi connectivity index (χ2v) is 9.40. The third-order valence-electron chi connectivity index (χ3n) is 3.09. The van der Waals surface area contributed by atoms with Crippen molar-refractivity contribution < 1.29 is 8.42 Å². The van der Waals surface area contributed by atoms with Crippen molar-refractivity contribution in [2.75, 3.05) is 19.3 Å². The Morgan fingerprint density at radius 3 is 2.84 bits per heavy atom. The fourth-order valence-corrected chi connectivity index (χ4v) is 4.16. The molecule has 1 aromatic heterocycles. The quantitative estimate of drug-likeness (QED) is 0.718. The minimum atomic E-state index is -3.14. The zero-order valence-corrected chi connectivity index (χ0v) is 14.2. The van der Waals surface area contributed by atoms with Crippen molar-refractivity contribution in [2.24, 2.45) is 0 Å². The maximum Gasteiger partial charge on any atom is 0.214 e. The van der Waals surface area contributed by atoms with Crippen LogP contribution in [0.5, 0.6) is 0 Å². The molecule has 0 amide bonds. The van der Waals surface area contributed by atoms with Crippen molar-refractivity contribution in [1.82, 2.24) is 9.62 Å². The summed E-state index contributed by atoms with van der Waals surface area (Å²) < 4.78 is 26.7. The second kappa shape index (κ2) is 6.67. The first-order valence-electron chi connectivity index (χ1n) is 6.38. The van der Waals surface area contributed by atoms with Crippen LogP contribution < -0.4 is 5.32 Å². The first kappa shape index (κ1) is 15.4. The van der Waals surface area contributed by atoms with E-state index < -0.39 is 10.0 Å². The Hall–Kier alpha value is 0.0500. The smallest absolute Gasteiger partial charge is 0.214 e. The van der Waals surface area contributed by atoms with E-state index in [1.165, 1.54) is 17.1 Å². The SMILES string of the molecule is CN(Cc1csc(Br)c1)S(=O)(=O)CCCNC1CC1. The normalized spacial score (nSPS) is 16.2. The molecule has 0 saturated heterocycles. The van der Waals surface area contributed by atoms with Crippen LogP contribution in [0.3, 0.4) is 0 Å². The predicted molar refractivity (Wildman–Crippen MR) is 82.9 cm³/mol. The summed E-state index contributed by atoms with van der Waals surface area (Å²) in [6.07, 6.45) is 3.15. The number of nitrogens with zero attached hydrogens (tertiary/aromatic N) is 1. The molecule has 1 aliphatic carbocycles. The fraction of sp³-hybridized carbons (Fsp3) is 0.667. The lowest BCUT2D eigenvalue weighted by Crippen LogP contribution is -2.30. The van der Waals surface area contributed by atoms with Crippen molar-refractivity contribution in [2.45, 2.75) is 31.8 Å². The van der Waals surface area contributed by atoms with Crippen LogP contribution in [-0.2, 0) is 16.6 Å². The molecule has 0 spiro atoms. The molecule has 0 atom stereocenters. The minimum absolute atomic E-state index is 0.217. The van der Waals surface area contributed by atoms with Gasteiger partial charge in [0.05, 0.1) is 9.54 Å². The van der Waals surface area contributed by atoms with Crippen LogP contribution in [0.4, 0.5) is 0 Å². The van der Waals surface area contributed by atoms with Gasteiger partial charge in [-0.3, -0.25) is 0 Å². The van der Waals surface area contributed by atoms with E-state index >= 15 is 0 Å². The average Bonchev–Trinajstić information content (AvgIpc) is 3.08. The number of sulfonamides is 1. The summed E-state index contributed by atoms with van der Waals surface area (Å²) in [7, 11) is -1.50. The zero-order chi connectivity index (χ0) is 13.9. The zero-order valence-electron chi connectivity index (χ0n) is 10.9. The van der Waals surface area contributed by atoms with Crippen LogP contribution in [-0.4, -0.2) is 38.1 Å². The van der Waals surface area contributed by atoms with Crippen LogP contribution in [0.2, 0.25) is 0 Å². The third kappa shape index (κ3) is 5.15. The van der Waals surface area contributed by atoms with Gasteiger partial charge in [-0.2, -0.15) is 0 Å². The molecule has 1 aromatic rings. The summed E-state index contributed by atoms with van der Waals surface area (Å²) in [5, 5.41) is 5.31. The lowest BCUT2D eigenvalue weighted by Gasteiger charge is -2.16. The standard InChI is InChI=1S/C12H19BrN2O2S2/c1-15(8-10-7-12(13)18-9-10)19(16,17)6-2-5-14-11-3-4-11/h7,9,11,14H,2-6,8H2,1H3. The van der Waals surface area contributed by atoms with Crippen LogP contribution in [0.1, 0.15) is 24.8 Å². The minimum Gasteiger partial charge on any atom is -0.314 e. The highest BCUT2D eigenvalue weighted by molar-refractivity contribution is 9.11. The molecule has 7 heteroatoms. The van der Waals surface area contributed by atoms with Crippen LogP contribution >= 0.6 is 27.3 Å². The predicted octanol–water partition coefficient (Wildman–Crippen LogP) is 2.41. The largest absolute Gasteiger partial charge is 0.314 e. The Labute approximate surface area is 127 Å². The van der Waals surface area contributed by atoms with Gasteiger partial charge in [-0.25, -0.2) is 12.7 Å². The van der Waals surface area contributed by atoms with Gasteiger partial charge in [0.2, 0.25) is 10.0 Å². The fourth-order valence-electron chi connectivity index (χ4n) is 1.79. The number of hydrogen-bond donors (Lipinski definition) is 1. The molecule has 0 aliphatic heterocycles. The van der Waals surface area contributed by atoms with E-state index in [0.29, 0.717) is 19.0 Å². The highest BCUT2D eigenvalue weighted by Crippen LogP contribution is 2.22. The molecule has 1 fully saturated rings. The first-order valence-corrected chi connectivity index (χ1v) is 9.66. The number of nitrogens with one attached hydrogen (secondary N) is 1. The monoisotopic (exact) mass is 366 g/mol. The van der Waals surface area contributed by atoms with E-state index in [-0.39, 0.29) is 5.75 Å². The van der Waals surface area contributed by atoms with E-state index in [1.54, 1.807) is 18.4 Å². The molecule has 1 heterocycles. The van der Waals surface area contributed by atoms with Crippen LogP contribution in [0.25, 0.3) is 0 Å². The average molecular weight is 367 g/mol. The van der Waals surface area contributed by atoms with Crippen molar-refractivity contribution >= 4 is 37.3 Å². The molecule has 0 aromatic carbocycles. The van der Waals surface area contributed by atoms with Gasteiger partial charge in [0.15, 0.2) is 0 Å². The van der Waals surface area contributed by atoms with Gasteiger partial charge >= 0.3 is 0 Å². The van der Waals surface area contributed by atoms with Crippen LogP contribution in [0.15, 0.2) is 15.2 Å². The van der Waals surface area contributed by atoms with E-state index in [2.05, 4.69) is 21.2 Å². The van der Waals surface area contributed by atoms with Gasteiger partial charge in [0, 0.05) is 19.6 Å². The molecule has 1 aliphatic rings. The van der Waals surface area contributed by atoms with Crippen molar-refractivity contribution in [3.05, 3.63) is 20.8 Å². The van der Waals surface area contributed by atoms with E-state index in [4.69, 9.17) is 0 Å². The lowest BCUT2D eigenvalue weighted by molar-refractivity contribution is 0.464. The van der Waals surface area contributed by atoms with Gasteiger partial charge in [0.25, 0.3) is 0 Å². The van der Waals surface area contributed by atoms with E-state index in [0.717, 1.165) is 15.9 Å². The summed E-state index contributed by atoms with van der Waals surface area (Å²) >= 11 is 4.96. The van der Waals surface area contributed by atoms with Crippen molar-refractivity contribution in [3.63, 3.8) is 0 Å². The Bertz CT molecular complexity index is 512. The maximum absolute atomic E-state index is 12.1. The Balaban J connectivity index is 1.76. The first-order chi connectivity index (χ1) is 8.97. The van der Waals surface area contributed by atoms with E-state index in [1.807, 2.05) is 11.4 Å². The van der Waals surface area contributed by atoms with Crippen molar-refractivity contribution in [1.29, 1.82) is 0 Å². The topological polar surface area (TPSA) is 49.4 Å². The van der Waals surface area contributed by atoms with Gasteiger partial charge in [-0.15, -0.1) is 11.3 Å². The molecule has 0 unspecified atom stereocenters. The summed E-state index contributed by atoms with van der Waals surface area (Å²) in [4.78, 5) is 0. The summed E-state index contributed by atoms with van der Waals surface area (Å²) in [6.45, 7) is 1.24. The number of halogens is 1. The van der Waals surface area contributed by atoms with Gasteiger partial charge in [-0.1, -0.05) is 0 Å². The molecule has 19 heavy (non-hydrogen) atoms. The van der Waals surface area contributed by atoms with Gasteiger partial charge < -0.3 is 5.32 Å². The Morgan fingerprint density at radius 1 is 1.53 bits per heavy atom. The molecule has 1 N–H and O–H groups in total. The van der Waals surface area contributed by atoms with Crippen molar-refractivity contribution in [3.8, 4) is 0 Å². The maximum atomic E-state index is 12.1. The molecular weight excluding hydrogens is 348 g/mol. The molecular formula is C12H19BrN2O2S2. The van der Waals surface area contributed by atoms with E-state index in [9.17, 15) is 8.42 Å². The van der Waals surface area contributed by atoms with Gasteiger partial charge in [0.1, 0.15) is 0 Å². The second-order valence-electron chi connectivity index (χ2n) is 4.91.